The summed E-state index contributed by atoms with van der Waals surface area (Å²) in [5, 5.41) is 9.82. The molecule has 0 aliphatic rings. The van der Waals surface area contributed by atoms with Gasteiger partial charge in [-0.15, -0.1) is 32.9 Å². The van der Waals surface area contributed by atoms with Gasteiger partial charge in [0.25, 0.3) is 0 Å². The summed E-state index contributed by atoms with van der Waals surface area (Å²) in [5.41, 5.74) is 7.42. The molecule has 2 heterocycles. The molecule has 14 heavy (non-hydrogen) atoms. The lowest BCUT2D eigenvalue weighted by Gasteiger charge is -1.94. The van der Waals surface area contributed by atoms with E-state index in [9.17, 15) is 0 Å². The molecule has 0 aromatic carbocycles. The highest BCUT2D eigenvalue weighted by Crippen LogP contribution is 2.20. The van der Waals surface area contributed by atoms with Crippen molar-refractivity contribution in [1.29, 1.82) is 0 Å². The molecule has 2 N–H and O–H groups in total. The predicted octanol–water partition coefficient (Wildman–Crippen LogP) is 2.36. The Labute approximate surface area is 90.6 Å². The van der Waals surface area contributed by atoms with E-state index in [1.807, 2.05) is 6.07 Å². The summed E-state index contributed by atoms with van der Waals surface area (Å²) in [7, 11) is 0. The number of hydrogen-bond donors (Lipinski definition) is 1. The first-order valence-corrected chi connectivity index (χ1v) is 6.13. The van der Waals surface area contributed by atoms with Crippen LogP contribution in [0.2, 0.25) is 0 Å². The normalized spacial score (nSPS) is 10.6. The van der Waals surface area contributed by atoms with Gasteiger partial charge in [-0.3, -0.25) is 0 Å². The van der Waals surface area contributed by atoms with Gasteiger partial charge >= 0.3 is 0 Å². The fourth-order valence-electron chi connectivity index (χ4n) is 1.25. The summed E-state index contributed by atoms with van der Waals surface area (Å²) >= 11 is 3.29. The van der Waals surface area contributed by atoms with E-state index < -0.39 is 0 Å². The van der Waals surface area contributed by atoms with E-state index in [4.69, 9.17) is 5.73 Å². The zero-order chi connectivity index (χ0) is 9.80. The van der Waals surface area contributed by atoms with Gasteiger partial charge in [-0.1, -0.05) is 0 Å². The molecule has 0 fully saturated rings. The van der Waals surface area contributed by atoms with Gasteiger partial charge in [-0.05, 0) is 25.0 Å². The lowest BCUT2D eigenvalue weighted by Crippen LogP contribution is -1.87. The van der Waals surface area contributed by atoms with Crippen LogP contribution in [0.1, 0.15) is 16.3 Å². The van der Waals surface area contributed by atoms with E-state index in [0.29, 0.717) is 0 Å². The highest BCUT2D eigenvalue weighted by Gasteiger charge is 1.99. The molecule has 5 heteroatoms. The summed E-state index contributed by atoms with van der Waals surface area (Å²) in [5.74, 6) is 0. The minimum absolute atomic E-state index is 0.899. The Morgan fingerprint density at radius 1 is 1.29 bits per heavy atom. The molecule has 0 bridgehead atoms. The first-order chi connectivity index (χ1) is 6.84. The summed E-state index contributed by atoms with van der Waals surface area (Å²) in [6.45, 7) is 0. The maximum atomic E-state index is 5.64. The second-order valence-corrected chi connectivity index (χ2v) is 5.11. The number of aryl methyl sites for hydroxylation is 2. The number of thiophene rings is 1. The Bertz CT molecular complexity index is 380. The van der Waals surface area contributed by atoms with Crippen molar-refractivity contribution in [3.63, 3.8) is 0 Å². The monoisotopic (exact) mass is 225 g/mol. The number of nitrogen functional groups attached to an aromatic ring is 1. The van der Waals surface area contributed by atoms with Crippen molar-refractivity contribution < 1.29 is 0 Å². The Morgan fingerprint density at radius 2 is 2.21 bits per heavy atom. The van der Waals surface area contributed by atoms with Crippen LogP contribution in [-0.4, -0.2) is 10.2 Å². The van der Waals surface area contributed by atoms with Crippen molar-refractivity contribution in [1.82, 2.24) is 10.2 Å². The van der Waals surface area contributed by atoms with E-state index in [2.05, 4.69) is 16.3 Å². The van der Waals surface area contributed by atoms with Crippen molar-refractivity contribution in [2.45, 2.75) is 19.3 Å². The highest BCUT2D eigenvalue weighted by atomic mass is 32.1. The molecule has 2 rings (SSSR count). The maximum Gasteiger partial charge on any atom is 0.117 e. The topological polar surface area (TPSA) is 51.8 Å². The Balaban J connectivity index is 1.78. The minimum Gasteiger partial charge on any atom is -0.391 e. The van der Waals surface area contributed by atoms with Gasteiger partial charge in [-0.2, -0.15) is 0 Å². The third-order valence-electron chi connectivity index (χ3n) is 1.90. The first-order valence-electron chi connectivity index (χ1n) is 4.44. The zero-order valence-electron chi connectivity index (χ0n) is 7.64. The standard InChI is InChI=1S/C9H11N3S2/c10-8-5-4-7(14-8)2-1-3-9-12-11-6-13-9/h4-6H,1-3,10H2. The van der Waals surface area contributed by atoms with Gasteiger partial charge < -0.3 is 5.73 Å². The Hall–Kier alpha value is -0.940. The number of nitrogens with two attached hydrogens (primary N) is 1. The number of nitrogens with zero attached hydrogens (tertiary/aromatic N) is 2. The van der Waals surface area contributed by atoms with Crippen molar-refractivity contribution in [2.75, 3.05) is 5.73 Å². The molecule has 2 aromatic heterocycles. The molecule has 2 aromatic rings. The third-order valence-corrected chi connectivity index (χ3v) is 3.63. The summed E-state index contributed by atoms with van der Waals surface area (Å²) in [6.07, 6.45) is 3.22. The van der Waals surface area contributed by atoms with Crippen LogP contribution in [0.15, 0.2) is 17.6 Å². The molecule has 74 valence electrons. The molecule has 3 nitrogen and oxygen atoms in total. The molecule has 0 radical (unpaired) electrons. The molecule has 0 spiro atoms. The first kappa shape index (κ1) is 9.61. The Morgan fingerprint density at radius 3 is 2.86 bits per heavy atom. The summed E-state index contributed by atoms with van der Waals surface area (Å²) in [6, 6.07) is 4.06. The highest BCUT2D eigenvalue weighted by molar-refractivity contribution is 7.15. The van der Waals surface area contributed by atoms with Crippen LogP contribution >= 0.6 is 22.7 Å². The van der Waals surface area contributed by atoms with Gasteiger partial charge in [0.2, 0.25) is 0 Å². The predicted molar refractivity (Wildman–Crippen MR) is 60.7 cm³/mol. The molecular formula is C9H11N3S2. The van der Waals surface area contributed by atoms with Gasteiger partial charge in [0, 0.05) is 11.3 Å². The number of hydrogen-bond acceptors (Lipinski definition) is 5. The van der Waals surface area contributed by atoms with Crippen molar-refractivity contribution in [3.05, 3.63) is 27.5 Å². The largest absolute Gasteiger partial charge is 0.391 e. The molecule has 0 aliphatic carbocycles. The van der Waals surface area contributed by atoms with Crippen LogP contribution in [0.4, 0.5) is 5.00 Å². The fraction of sp³-hybridized carbons (Fsp3) is 0.333. The second kappa shape index (κ2) is 4.52. The molecule has 0 aliphatic heterocycles. The lowest BCUT2D eigenvalue weighted by molar-refractivity contribution is 0.810. The van der Waals surface area contributed by atoms with Gasteiger partial charge in [0.15, 0.2) is 0 Å². The minimum atomic E-state index is 0.899. The van der Waals surface area contributed by atoms with Crippen LogP contribution in [0.25, 0.3) is 0 Å². The fourth-order valence-corrected chi connectivity index (χ4v) is 2.64. The molecular weight excluding hydrogens is 214 g/mol. The van der Waals surface area contributed by atoms with Gasteiger partial charge in [0.05, 0.1) is 5.00 Å². The number of rotatable bonds is 4. The molecule has 0 unspecified atom stereocenters. The zero-order valence-corrected chi connectivity index (χ0v) is 9.27. The van der Waals surface area contributed by atoms with E-state index in [1.54, 1.807) is 28.2 Å². The molecule has 0 atom stereocenters. The van der Waals surface area contributed by atoms with E-state index in [0.717, 1.165) is 29.3 Å². The van der Waals surface area contributed by atoms with Crippen LogP contribution in [0.5, 0.6) is 0 Å². The second-order valence-electron chi connectivity index (χ2n) is 2.99. The van der Waals surface area contributed by atoms with Crippen LogP contribution in [-0.2, 0) is 12.8 Å². The summed E-state index contributed by atoms with van der Waals surface area (Å²) < 4.78 is 0. The quantitative estimate of drug-likeness (QED) is 0.869. The van der Waals surface area contributed by atoms with Crippen molar-refractivity contribution in [2.24, 2.45) is 0 Å². The number of anilines is 1. The van der Waals surface area contributed by atoms with E-state index >= 15 is 0 Å². The van der Waals surface area contributed by atoms with E-state index in [1.165, 1.54) is 4.88 Å². The van der Waals surface area contributed by atoms with Crippen LogP contribution in [0, 0.1) is 0 Å². The third kappa shape index (κ3) is 2.52. The van der Waals surface area contributed by atoms with Gasteiger partial charge in [0.1, 0.15) is 10.5 Å². The molecule has 0 saturated heterocycles. The number of aromatic nitrogens is 2. The SMILES string of the molecule is Nc1ccc(CCCc2nncs2)s1. The maximum absolute atomic E-state index is 5.64. The average molecular weight is 225 g/mol. The van der Waals surface area contributed by atoms with Gasteiger partial charge in [-0.25, -0.2) is 0 Å². The summed E-state index contributed by atoms with van der Waals surface area (Å²) in [4.78, 5) is 1.35. The van der Waals surface area contributed by atoms with Crippen LogP contribution in [0.3, 0.4) is 0 Å². The van der Waals surface area contributed by atoms with Crippen molar-refractivity contribution >= 4 is 27.7 Å². The van der Waals surface area contributed by atoms with E-state index in [-0.39, 0.29) is 0 Å². The van der Waals surface area contributed by atoms with Crippen molar-refractivity contribution in [3.8, 4) is 0 Å². The smallest absolute Gasteiger partial charge is 0.117 e. The molecule has 0 amide bonds. The lowest BCUT2D eigenvalue weighted by atomic mass is 10.2. The average Bonchev–Trinajstić information content (AvgIpc) is 2.77. The van der Waals surface area contributed by atoms with Crippen LogP contribution < -0.4 is 5.73 Å². The molecule has 0 saturated carbocycles. The Kier molecular flexibility index (Phi) is 3.10.